The molecule has 0 atom stereocenters. The summed E-state index contributed by atoms with van der Waals surface area (Å²) in [6, 6.07) is 14.6. The van der Waals surface area contributed by atoms with E-state index in [0.717, 1.165) is 16.8 Å². The molecule has 0 saturated heterocycles. The van der Waals surface area contributed by atoms with Crippen LogP contribution < -0.4 is 5.56 Å². The number of nitrogens with one attached hydrogen (secondary N) is 1. The average molecular weight is 380 g/mol. The normalized spacial score (nSPS) is 13.3. The maximum atomic E-state index is 12.7. The highest BCUT2D eigenvalue weighted by molar-refractivity contribution is 6.30. The van der Waals surface area contributed by atoms with Crippen molar-refractivity contribution in [3.63, 3.8) is 0 Å². The van der Waals surface area contributed by atoms with Crippen molar-refractivity contribution in [3.8, 4) is 11.4 Å². The highest BCUT2D eigenvalue weighted by atomic mass is 35.5. The van der Waals surface area contributed by atoms with Gasteiger partial charge in [-0.25, -0.2) is 4.98 Å². The molecule has 4 rings (SSSR count). The van der Waals surface area contributed by atoms with E-state index < -0.39 is 0 Å². The molecule has 1 amide bonds. The number of halogens is 1. The van der Waals surface area contributed by atoms with Crippen LogP contribution in [0.4, 0.5) is 0 Å². The molecule has 6 heteroatoms. The van der Waals surface area contributed by atoms with E-state index in [-0.39, 0.29) is 18.0 Å². The van der Waals surface area contributed by atoms with Gasteiger partial charge in [-0.05, 0) is 37.3 Å². The summed E-state index contributed by atoms with van der Waals surface area (Å²) < 4.78 is 0. The predicted molar refractivity (Wildman–Crippen MR) is 105 cm³/mol. The van der Waals surface area contributed by atoms with Crippen molar-refractivity contribution in [1.29, 1.82) is 0 Å². The molecular formula is C21H18ClN3O2. The number of rotatable bonds is 2. The van der Waals surface area contributed by atoms with Crippen LogP contribution in [0.1, 0.15) is 27.2 Å². The summed E-state index contributed by atoms with van der Waals surface area (Å²) in [4.78, 5) is 34.5. The van der Waals surface area contributed by atoms with Gasteiger partial charge in [-0.1, -0.05) is 35.4 Å². The minimum absolute atomic E-state index is 0.112. The molecule has 1 aliphatic rings. The molecule has 1 N–H and O–H groups in total. The van der Waals surface area contributed by atoms with Crippen molar-refractivity contribution in [3.05, 3.63) is 86.3 Å². The lowest BCUT2D eigenvalue weighted by molar-refractivity contribution is 0.0732. The lowest BCUT2D eigenvalue weighted by Crippen LogP contribution is -2.39. The number of H-pyrrole nitrogens is 1. The Hall–Kier alpha value is -2.92. The summed E-state index contributed by atoms with van der Waals surface area (Å²) in [5.41, 5.74) is 3.67. The molecular weight excluding hydrogens is 362 g/mol. The number of fused-ring (bicyclic) bond motifs is 1. The van der Waals surface area contributed by atoms with E-state index >= 15 is 0 Å². The van der Waals surface area contributed by atoms with Crippen molar-refractivity contribution in [2.24, 2.45) is 0 Å². The van der Waals surface area contributed by atoms with Crippen LogP contribution in [0.25, 0.3) is 11.4 Å². The standard InChI is InChI=1S/C21H18ClN3O2/c1-13-3-2-4-15(11-13)19-23-18-9-10-25(12-17(18)20(26)24-19)21(27)14-5-7-16(22)8-6-14/h2-8,11H,9-10,12H2,1H3,(H,23,24,26). The van der Waals surface area contributed by atoms with Crippen LogP contribution in [0.15, 0.2) is 53.3 Å². The van der Waals surface area contributed by atoms with Crippen LogP contribution >= 0.6 is 11.6 Å². The third kappa shape index (κ3) is 3.51. The average Bonchev–Trinajstić information content (AvgIpc) is 2.68. The smallest absolute Gasteiger partial charge is 0.256 e. The Labute approximate surface area is 161 Å². The fourth-order valence-electron chi connectivity index (χ4n) is 3.30. The molecule has 0 unspecified atom stereocenters. The first-order valence-corrected chi connectivity index (χ1v) is 9.13. The zero-order valence-electron chi connectivity index (χ0n) is 14.8. The third-order valence-corrected chi connectivity index (χ3v) is 4.99. The van der Waals surface area contributed by atoms with Crippen molar-refractivity contribution in [2.75, 3.05) is 6.54 Å². The Kier molecular flexibility index (Phi) is 4.54. The van der Waals surface area contributed by atoms with Gasteiger partial charge in [0, 0.05) is 29.1 Å². The zero-order valence-corrected chi connectivity index (χ0v) is 15.6. The fourth-order valence-corrected chi connectivity index (χ4v) is 3.43. The number of aryl methyl sites for hydroxylation is 1. The van der Waals surface area contributed by atoms with Crippen LogP contribution in [-0.2, 0) is 13.0 Å². The van der Waals surface area contributed by atoms with Gasteiger partial charge in [-0.15, -0.1) is 0 Å². The Morgan fingerprint density at radius 2 is 1.96 bits per heavy atom. The van der Waals surface area contributed by atoms with E-state index in [1.807, 2.05) is 31.2 Å². The Morgan fingerprint density at radius 1 is 1.19 bits per heavy atom. The number of aromatic amines is 1. The maximum absolute atomic E-state index is 12.7. The number of carbonyl (C=O) groups is 1. The lowest BCUT2D eigenvalue weighted by Gasteiger charge is -2.28. The first kappa shape index (κ1) is 17.5. The molecule has 0 saturated carbocycles. The minimum atomic E-state index is -0.190. The second-order valence-corrected chi connectivity index (χ2v) is 7.13. The van der Waals surface area contributed by atoms with E-state index in [9.17, 15) is 9.59 Å². The number of carbonyl (C=O) groups excluding carboxylic acids is 1. The van der Waals surface area contributed by atoms with Crippen molar-refractivity contribution < 1.29 is 4.79 Å². The molecule has 136 valence electrons. The molecule has 0 aliphatic carbocycles. The van der Waals surface area contributed by atoms with E-state index in [0.29, 0.717) is 34.9 Å². The molecule has 2 aromatic carbocycles. The first-order valence-electron chi connectivity index (χ1n) is 8.75. The first-order chi connectivity index (χ1) is 13.0. The monoisotopic (exact) mass is 379 g/mol. The molecule has 0 fully saturated rings. The second-order valence-electron chi connectivity index (χ2n) is 6.69. The van der Waals surface area contributed by atoms with Crippen LogP contribution in [0, 0.1) is 6.92 Å². The lowest BCUT2D eigenvalue weighted by atomic mass is 10.0. The predicted octanol–water partition coefficient (Wildman–Crippen LogP) is 3.60. The molecule has 1 aromatic heterocycles. The minimum Gasteiger partial charge on any atom is -0.334 e. The summed E-state index contributed by atoms with van der Waals surface area (Å²) in [7, 11) is 0. The highest BCUT2D eigenvalue weighted by Gasteiger charge is 2.25. The molecule has 5 nitrogen and oxygen atoms in total. The van der Waals surface area contributed by atoms with Crippen molar-refractivity contribution >= 4 is 17.5 Å². The van der Waals surface area contributed by atoms with Gasteiger partial charge in [0.1, 0.15) is 5.82 Å². The van der Waals surface area contributed by atoms with Gasteiger partial charge >= 0.3 is 0 Å². The molecule has 27 heavy (non-hydrogen) atoms. The quantitative estimate of drug-likeness (QED) is 0.739. The van der Waals surface area contributed by atoms with E-state index in [4.69, 9.17) is 11.6 Å². The molecule has 0 radical (unpaired) electrons. The Balaban J connectivity index is 1.63. The van der Waals surface area contributed by atoms with Crippen LogP contribution in [0.2, 0.25) is 5.02 Å². The summed E-state index contributed by atoms with van der Waals surface area (Å²) in [5.74, 6) is 0.458. The summed E-state index contributed by atoms with van der Waals surface area (Å²) in [6.07, 6.45) is 0.553. The zero-order chi connectivity index (χ0) is 19.0. The summed E-state index contributed by atoms with van der Waals surface area (Å²) in [6.45, 7) is 2.78. The van der Waals surface area contributed by atoms with Crippen molar-refractivity contribution in [1.82, 2.24) is 14.9 Å². The number of amides is 1. The number of aromatic nitrogens is 2. The third-order valence-electron chi connectivity index (χ3n) is 4.74. The largest absolute Gasteiger partial charge is 0.334 e. The maximum Gasteiger partial charge on any atom is 0.256 e. The van der Waals surface area contributed by atoms with E-state index in [1.165, 1.54) is 0 Å². The number of benzene rings is 2. The van der Waals surface area contributed by atoms with Gasteiger partial charge in [0.25, 0.3) is 11.5 Å². The van der Waals surface area contributed by atoms with Gasteiger partial charge in [0.05, 0.1) is 17.8 Å². The van der Waals surface area contributed by atoms with Gasteiger partial charge in [-0.3, -0.25) is 9.59 Å². The fraction of sp³-hybridized carbons (Fsp3) is 0.190. The number of hydrogen-bond acceptors (Lipinski definition) is 3. The van der Waals surface area contributed by atoms with E-state index in [2.05, 4.69) is 9.97 Å². The number of nitrogens with zero attached hydrogens (tertiary/aromatic N) is 2. The van der Waals surface area contributed by atoms with Gasteiger partial charge in [-0.2, -0.15) is 0 Å². The molecule has 1 aliphatic heterocycles. The van der Waals surface area contributed by atoms with Crippen LogP contribution in [0.5, 0.6) is 0 Å². The summed E-state index contributed by atoms with van der Waals surface area (Å²) in [5, 5.41) is 0.583. The van der Waals surface area contributed by atoms with Crippen LogP contribution in [-0.4, -0.2) is 27.3 Å². The van der Waals surface area contributed by atoms with Crippen molar-refractivity contribution in [2.45, 2.75) is 19.9 Å². The van der Waals surface area contributed by atoms with Gasteiger partial charge < -0.3 is 9.88 Å². The van der Waals surface area contributed by atoms with Crippen LogP contribution in [0.3, 0.4) is 0 Å². The topological polar surface area (TPSA) is 66.1 Å². The molecule has 3 aromatic rings. The molecule has 2 heterocycles. The number of hydrogen-bond donors (Lipinski definition) is 1. The SMILES string of the molecule is Cc1cccc(-c2nc3c(c(=O)[nH]2)CN(C(=O)c2ccc(Cl)cc2)CC3)c1. The van der Waals surface area contributed by atoms with Gasteiger partial charge in [0.2, 0.25) is 0 Å². The summed E-state index contributed by atoms with van der Waals surface area (Å²) >= 11 is 5.89. The molecule has 0 bridgehead atoms. The van der Waals surface area contributed by atoms with E-state index in [1.54, 1.807) is 29.2 Å². The van der Waals surface area contributed by atoms with Gasteiger partial charge in [0.15, 0.2) is 0 Å². The molecule has 0 spiro atoms. The highest BCUT2D eigenvalue weighted by Crippen LogP contribution is 2.21. The second kappa shape index (κ2) is 7.00. The Bertz CT molecular complexity index is 1070. The Morgan fingerprint density at radius 3 is 2.70 bits per heavy atom.